The van der Waals surface area contributed by atoms with Gasteiger partial charge in [0.2, 0.25) is 11.8 Å². The first-order valence-electron chi connectivity index (χ1n) is 5.74. The van der Waals surface area contributed by atoms with Gasteiger partial charge in [0.15, 0.2) is 0 Å². The first kappa shape index (κ1) is 15.9. The lowest BCUT2D eigenvalue weighted by molar-refractivity contribution is -0.128. The van der Waals surface area contributed by atoms with Crippen LogP contribution in [0.2, 0.25) is 0 Å². The summed E-state index contributed by atoms with van der Waals surface area (Å²) in [6, 6.07) is -0.0247. The van der Waals surface area contributed by atoms with Gasteiger partial charge in [0.25, 0.3) is 0 Å². The van der Waals surface area contributed by atoms with Crippen LogP contribution >= 0.6 is 0 Å². The highest BCUT2D eigenvalue weighted by atomic mass is 16.5. The van der Waals surface area contributed by atoms with Gasteiger partial charge >= 0.3 is 0 Å². The first-order valence-corrected chi connectivity index (χ1v) is 5.74. The molecule has 6 heteroatoms. The Morgan fingerprint density at radius 1 is 1.35 bits per heavy atom. The monoisotopic (exact) mass is 245 g/mol. The number of carbonyl (C=O) groups is 2. The maximum Gasteiger partial charge on any atom is 0.236 e. The summed E-state index contributed by atoms with van der Waals surface area (Å²) in [5.74, 6) is -0.160. The molecule has 1 atom stereocenters. The molecule has 6 nitrogen and oxygen atoms in total. The number of nitrogens with zero attached hydrogens (tertiary/aromatic N) is 1. The van der Waals surface area contributed by atoms with E-state index in [0.29, 0.717) is 13.2 Å². The van der Waals surface area contributed by atoms with E-state index in [-0.39, 0.29) is 30.9 Å². The number of rotatable bonds is 8. The molecule has 0 aromatic carbocycles. The molecule has 0 fully saturated rings. The fourth-order valence-corrected chi connectivity index (χ4v) is 1.21. The van der Waals surface area contributed by atoms with Crippen molar-refractivity contribution in [2.24, 2.45) is 0 Å². The summed E-state index contributed by atoms with van der Waals surface area (Å²) in [6.45, 7) is 5.21. The molecule has 0 radical (unpaired) electrons. The van der Waals surface area contributed by atoms with Gasteiger partial charge in [-0.05, 0) is 13.8 Å². The molecule has 2 amide bonds. The summed E-state index contributed by atoms with van der Waals surface area (Å²) < 4.78 is 4.90. The van der Waals surface area contributed by atoms with Gasteiger partial charge in [-0.2, -0.15) is 0 Å². The van der Waals surface area contributed by atoms with Crippen molar-refractivity contribution in [3.63, 3.8) is 0 Å². The van der Waals surface area contributed by atoms with E-state index in [2.05, 4.69) is 10.6 Å². The minimum atomic E-state index is -0.137. The van der Waals surface area contributed by atoms with E-state index in [1.807, 2.05) is 13.8 Å². The molecule has 2 N–H and O–H groups in total. The van der Waals surface area contributed by atoms with E-state index < -0.39 is 0 Å². The first-order chi connectivity index (χ1) is 8.01. The molecule has 0 aromatic heterocycles. The van der Waals surface area contributed by atoms with Gasteiger partial charge in [-0.3, -0.25) is 14.9 Å². The number of amides is 2. The van der Waals surface area contributed by atoms with Crippen LogP contribution in [0.5, 0.6) is 0 Å². The van der Waals surface area contributed by atoms with Crippen LogP contribution in [0.3, 0.4) is 0 Å². The Bertz CT molecular complexity index is 246. The highest BCUT2D eigenvalue weighted by Crippen LogP contribution is 1.83. The summed E-state index contributed by atoms with van der Waals surface area (Å²) in [6.07, 6.45) is 0. The fourth-order valence-electron chi connectivity index (χ4n) is 1.21. The predicted octanol–water partition coefficient (Wildman–Crippen LogP) is -0.795. The van der Waals surface area contributed by atoms with Crippen LogP contribution in [-0.2, 0) is 14.3 Å². The van der Waals surface area contributed by atoms with Crippen molar-refractivity contribution in [2.45, 2.75) is 19.9 Å². The van der Waals surface area contributed by atoms with Crippen molar-refractivity contribution >= 4 is 11.8 Å². The van der Waals surface area contributed by atoms with Gasteiger partial charge < -0.3 is 15.0 Å². The third-order valence-corrected chi connectivity index (χ3v) is 2.29. The van der Waals surface area contributed by atoms with E-state index >= 15 is 0 Å². The normalized spacial score (nSPS) is 12.0. The molecule has 100 valence electrons. The molecule has 0 saturated heterocycles. The average Bonchev–Trinajstić information content (AvgIpc) is 2.27. The SMILES string of the molecule is CCN(C)C(=O)CNCC(=O)NC(C)COC. The van der Waals surface area contributed by atoms with Gasteiger partial charge in [-0.1, -0.05) is 0 Å². The summed E-state index contributed by atoms with van der Waals surface area (Å²) >= 11 is 0. The molecule has 0 bridgehead atoms. The van der Waals surface area contributed by atoms with E-state index in [4.69, 9.17) is 4.74 Å². The number of hydrogen-bond acceptors (Lipinski definition) is 4. The van der Waals surface area contributed by atoms with Gasteiger partial charge in [0.05, 0.1) is 19.7 Å². The van der Waals surface area contributed by atoms with E-state index in [1.54, 1.807) is 19.1 Å². The van der Waals surface area contributed by atoms with Crippen LogP contribution in [0.15, 0.2) is 0 Å². The number of hydrogen-bond donors (Lipinski definition) is 2. The number of likely N-dealkylation sites (N-methyl/N-ethyl adjacent to an activating group) is 1. The van der Waals surface area contributed by atoms with Crippen LogP contribution < -0.4 is 10.6 Å². The number of nitrogens with one attached hydrogen (secondary N) is 2. The molecule has 0 spiro atoms. The highest BCUT2D eigenvalue weighted by molar-refractivity contribution is 5.81. The van der Waals surface area contributed by atoms with Crippen LogP contribution in [-0.4, -0.2) is 63.2 Å². The minimum Gasteiger partial charge on any atom is -0.383 e. The molecule has 0 heterocycles. The Kier molecular flexibility index (Phi) is 8.35. The quantitative estimate of drug-likeness (QED) is 0.588. The second-order valence-corrected chi connectivity index (χ2v) is 3.94. The van der Waals surface area contributed by atoms with Crippen LogP contribution in [0.1, 0.15) is 13.8 Å². The Hall–Kier alpha value is -1.14. The summed E-state index contributed by atoms with van der Waals surface area (Å²) in [4.78, 5) is 24.4. The minimum absolute atomic E-state index is 0.0229. The second kappa shape index (κ2) is 8.95. The zero-order chi connectivity index (χ0) is 13.3. The molecule has 0 aliphatic heterocycles. The van der Waals surface area contributed by atoms with E-state index in [1.165, 1.54) is 0 Å². The molecule has 0 aliphatic rings. The Labute approximate surface area is 103 Å². The van der Waals surface area contributed by atoms with Crippen molar-refractivity contribution < 1.29 is 14.3 Å². The van der Waals surface area contributed by atoms with Gasteiger partial charge in [-0.25, -0.2) is 0 Å². The van der Waals surface area contributed by atoms with E-state index in [0.717, 1.165) is 0 Å². The molecular formula is C11H23N3O3. The second-order valence-electron chi connectivity index (χ2n) is 3.94. The highest BCUT2D eigenvalue weighted by Gasteiger charge is 2.09. The standard InChI is InChI=1S/C11H23N3O3/c1-5-14(3)11(16)7-12-6-10(15)13-9(2)8-17-4/h9,12H,5-8H2,1-4H3,(H,13,15). The molecular weight excluding hydrogens is 222 g/mol. The summed E-state index contributed by atoms with van der Waals surface area (Å²) in [5.41, 5.74) is 0. The average molecular weight is 245 g/mol. The molecule has 1 unspecified atom stereocenters. The molecule has 0 aliphatic carbocycles. The lowest BCUT2D eigenvalue weighted by Gasteiger charge is -2.15. The van der Waals surface area contributed by atoms with Crippen molar-refractivity contribution in [3.05, 3.63) is 0 Å². The zero-order valence-corrected chi connectivity index (χ0v) is 11.1. The molecule has 17 heavy (non-hydrogen) atoms. The lowest BCUT2D eigenvalue weighted by atomic mass is 10.3. The third kappa shape index (κ3) is 7.70. The maximum absolute atomic E-state index is 11.4. The largest absolute Gasteiger partial charge is 0.383 e. The maximum atomic E-state index is 11.4. The zero-order valence-electron chi connectivity index (χ0n) is 11.1. The fraction of sp³-hybridized carbons (Fsp3) is 0.818. The van der Waals surface area contributed by atoms with Crippen molar-refractivity contribution in [3.8, 4) is 0 Å². The third-order valence-electron chi connectivity index (χ3n) is 2.29. The molecule has 0 rings (SSSR count). The van der Waals surface area contributed by atoms with Gasteiger partial charge in [0, 0.05) is 26.7 Å². The van der Waals surface area contributed by atoms with E-state index in [9.17, 15) is 9.59 Å². The van der Waals surface area contributed by atoms with Crippen LogP contribution in [0.4, 0.5) is 0 Å². The Morgan fingerprint density at radius 2 is 2.00 bits per heavy atom. The van der Waals surface area contributed by atoms with Crippen molar-refractivity contribution in [1.82, 2.24) is 15.5 Å². The Morgan fingerprint density at radius 3 is 2.53 bits per heavy atom. The number of ether oxygens (including phenoxy) is 1. The van der Waals surface area contributed by atoms with Crippen LogP contribution in [0.25, 0.3) is 0 Å². The smallest absolute Gasteiger partial charge is 0.236 e. The number of methoxy groups -OCH3 is 1. The predicted molar refractivity (Wildman–Crippen MR) is 65.7 cm³/mol. The summed E-state index contributed by atoms with van der Waals surface area (Å²) in [5, 5.41) is 5.55. The van der Waals surface area contributed by atoms with Crippen molar-refractivity contribution in [1.29, 1.82) is 0 Å². The Balaban J connectivity index is 3.67. The molecule has 0 saturated carbocycles. The van der Waals surface area contributed by atoms with Gasteiger partial charge in [0.1, 0.15) is 0 Å². The van der Waals surface area contributed by atoms with Gasteiger partial charge in [-0.15, -0.1) is 0 Å². The topological polar surface area (TPSA) is 70.7 Å². The van der Waals surface area contributed by atoms with Crippen molar-refractivity contribution in [2.75, 3.05) is 40.4 Å². The number of carbonyl (C=O) groups excluding carboxylic acids is 2. The van der Waals surface area contributed by atoms with Crippen LogP contribution in [0, 0.1) is 0 Å². The lowest BCUT2D eigenvalue weighted by Crippen LogP contribution is -2.43. The summed E-state index contributed by atoms with van der Waals surface area (Å²) in [7, 11) is 3.31. The molecule has 0 aromatic rings.